The van der Waals surface area contributed by atoms with Gasteiger partial charge in [0.25, 0.3) is 21.6 Å². The number of benzene rings is 2. The molecular formula is C20H18N4O7S2. The van der Waals surface area contributed by atoms with Gasteiger partial charge >= 0.3 is 6.09 Å². The Balaban J connectivity index is 1.78. The van der Waals surface area contributed by atoms with Crippen LogP contribution in [0.15, 0.2) is 53.4 Å². The number of non-ortho nitro benzene ring substituents is 1. The Morgan fingerprint density at radius 2 is 1.82 bits per heavy atom. The second kappa shape index (κ2) is 8.41. The highest BCUT2D eigenvalue weighted by atomic mass is 32.2. The molecule has 2 amide bonds. The Labute approximate surface area is 194 Å². The van der Waals surface area contributed by atoms with Crippen molar-refractivity contribution in [2.45, 2.75) is 23.9 Å². The summed E-state index contributed by atoms with van der Waals surface area (Å²) in [5.41, 5.74) is 1.12. The molecule has 13 heteroatoms. The molecule has 33 heavy (non-hydrogen) atoms. The fraction of sp³-hybridized carbons (Fsp3) is 0.250. The van der Waals surface area contributed by atoms with Crippen molar-refractivity contribution < 1.29 is 27.7 Å². The van der Waals surface area contributed by atoms with Crippen molar-refractivity contribution >= 4 is 45.0 Å². The molecule has 2 saturated heterocycles. The highest BCUT2D eigenvalue weighted by Gasteiger charge is 2.50. The molecule has 0 saturated carbocycles. The minimum Gasteiger partial charge on any atom is -0.447 e. The summed E-state index contributed by atoms with van der Waals surface area (Å²) < 4.78 is 32.8. The van der Waals surface area contributed by atoms with Gasteiger partial charge < -0.3 is 10.1 Å². The molecule has 11 nitrogen and oxygen atoms in total. The number of rotatable bonds is 5. The first-order chi connectivity index (χ1) is 15.6. The summed E-state index contributed by atoms with van der Waals surface area (Å²) in [5.74, 6) is -0.674. The van der Waals surface area contributed by atoms with Crippen molar-refractivity contribution in [2.75, 3.05) is 13.2 Å². The normalized spacial score (nSPS) is 20.5. The topological polar surface area (TPSA) is 139 Å². The maximum Gasteiger partial charge on any atom is 0.416 e. The van der Waals surface area contributed by atoms with Crippen LogP contribution in [0.1, 0.15) is 17.2 Å². The number of nitro benzene ring substituents is 1. The van der Waals surface area contributed by atoms with Crippen LogP contribution in [0.2, 0.25) is 0 Å². The minimum atomic E-state index is -4.32. The number of amides is 2. The number of hydrogen-bond acceptors (Lipinski definition) is 8. The molecule has 0 bridgehead atoms. The molecule has 2 heterocycles. The summed E-state index contributed by atoms with van der Waals surface area (Å²) in [4.78, 5) is 36.1. The molecule has 0 aromatic heterocycles. The number of carbonyl (C=O) groups excluding carboxylic acids is 2. The van der Waals surface area contributed by atoms with Gasteiger partial charge in [-0.1, -0.05) is 29.8 Å². The Bertz CT molecular complexity index is 1250. The first-order valence-corrected chi connectivity index (χ1v) is 11.6. The number of hydrogen-bond donors (Lipinski definition) is 1. The lowest BCUT2D eigenvalue weighted by Crippen LogP contribution is -2.47. The summed E-state index contributed by atoms with van der Waals surface area (Å²) in [7, 11) is -4.32. The number of carbonyl (C=O) groups is 2. The third-order valence-corrected chi connectivity index (χ3v) is 7.59. The lowest BCUT2D eigenvalue weighted by molar-refractivity contribution is -0.384. The van der Waals surface area contributed by atoms with Crippen molar-refractivity contribution in [1.29, 1.82) is 0 Å². The molecule has 2 aromatic carbocycles. The average Bonchev–Trinajstić information content (AvgIpc) is 3.37. The predicted molar refractivity (Wildman–Crippen MR) is 119 cm³/mol. The van der Waals surface area contributed by atoms with E-state index in [1.54, 1.807) is 24.3 Å². The largest absolute Gasteiger partial charge is 0.447 e. The number of imide groups is 1. The average molecular weight is 491 g/mol. The van der Waals surface area contributed by atoms with Crippen LogP contribution < -0.4 is 5.32 Å². The van der Waals surface area contributed by atoms with Crippen LogP contribution in [0.25, 0.3) is 0 Å². The zero-order valence-corrected chi connectivity index (χ0v) is 18.8. The minimum absolute atomic E-state index is 0.0400. The summed E-state index contributed by atoms with van der Waals surface area (Å²) in [5, 5.41) is 13.4. The second-order valence-electron chi connectivity index (χ2n) is 7.44. The SMILES string of the molecule is Cc1ccc([C@H]2[C@H](C(=O)N3CCOC3=O)NC(=S)N2S(=O)(=O)c2ccc([N+](=O)[O-])cc2)cc1. The molecular weight excluding hydrogens is 472 g/mol. The fourth-order valence-electron chi connectivity index (χ4n) is 3.70. The van der Waals surface area contributed by atoms with Gasteiger partial charge in [-0.3, -0.25) is 14.9 Å². The number of nitro groups is 1. The van der Waals surface area contributed by atoms with Crippen LogP contribution in [0.4, 0.5) is 10.5 Å². The van der Waals surface area contributed by atoms with Gasteiger partial charge in [-0.25, -0.2) is 22.4 Å². The van der Waals surface area contributed by atoms with E-state index in [0.717, 1.165) is 39.0 Å². The van der Waals surface area contributed by atoms with Crippen LogP contribution in [0.5, 0.6) is 0 Å². The van der Waals surface area contributed by atoms with Gasteiger partial charge in [-0.2, -0.15) is 0 Å². The molecule has 2 aliphatic rings. The van der Waals surface area contributed by atoms with E-state index >= 15 is 0 Å². The van der Waals surface area contributed by atoms with E-state index in [1.807, 2.05) is 6.92 Å². The van der Waals surface area contributed by atoms with Gasteiger partial charge in [-0.05, 0) is 36.8 Å². The van der Waals surface area contributed by atoms with Crippen LogP contribution >= 0.6 is 12.2 Å². The van der Waals surface area contributed by atoms with Gasteiger partial charge in [-0.15, -0.1) is 0 Å². The molecule has 1 N–H and O–H groups in total. The first kappa shape index (κ1) is 22.6. The van der Waals surface area contributed by atoms with Gasteiger partial charge in [0.1, 0.15) is 18.7 Å². The number of cyclic esters (lactones) is 1. The van der Waals surface area contributed by atoms with Crippen molar-refractivity contribution in [3.8, 4) is 0 Å². The first-order valence-electron chi connectivity index (χ1n) is 9.75. The fourth-order valence-corrected chi connectivity index (χ4v) is 5.75. The standard InChI is InChI=1S/C20H18N4O7S2/c1-12-2-4-13(5-3-12)17-16(18(25)22-10-11-31-20(22)26)21-19(32)23(17)33(29,30)15-8-6-14(7-9-15)24(27)28/h2-9,16-17H,10-11H2,1H3,(H,21,32)/t16-,17+/m1/s1. The van der Waals surface area contributed by atoms with Crippen LogP contribution in [0.3, 0.4) is 0 Å². The van der Waals surface area contributed by atoms with Gasteiger partial charge in [0, 0.05) is 12.1 Å². The number of sulfonamides is 1. The van der Waals surface area contributed by atoms with E-state index in [0.29, 0.717) is 5.56 Å². The van der Waals surface area contributed by atoms with E-state index in [2.05, 4.69) is 5.32 Å². The number of nitrogens with zero attached hydrogens (tertiary/aromatic N) is 3. The number of ether oxygens (including phenoxy) is 1. The van der Waals surface area contributed by atoms with Crippen molar-refractivity contribution in [1.82, 2.24) is 14.5 Å². The van der Waals surface area contributed by atoms with Gasteiger partial charge in [0.05, 0.1) is 16.4 Å². The molecule has 172 valence electrons. The molecule has 2 atom stereocenters. The Kier molecular flexibility index (Phi) is 5.76. The lowest BCUT2D eigenvalue weighted by atomic mass is 9.99. The zero-order valence-electron chi connectivity index (χ0n) is 17.2. The molecule has 0 unspecified atom stereocenters. The van der Waals surface area contributed by atoms with Crippen molar-refractivity contribution in [3.05, 3.63) is 69.8 Å². The quantitative estimate of drug-likeness (QED) is 0.378. The lowest BCUT2D eigenvalue weighted by Gasteiger charge is -2.28. The second-order valence-corrected chi connectivity index (χ2v) is 9.64. The third-order valence-electron chi connectivity index (χ3n) is 5.36. The third kappa shape index (κ3) is 4.00. The van der Waals surface area contributed by atoms with Crippen molar-refractivity contribution in [3.63, 3.8) is 0 Å². The summed E-state index contributed by atoms with van der Waals surface area (Å²) in [6.07, 6.45) is -0.813. The summed E-state index contributed by atoms with van der Waals surface area (Å²) in [6.45, 7) is 1.94. The monoisotopic (exact) mass is 490 g/mol. The van der Waals surface area contributed by atoms with E-state index < -0.39 is 39.0 Å². The van der Waals surface area contributed by atoms with E-state index in [9.17, 15) is 28.1 Å². The zero-order chi connectivity index (χ0) is 23.9. The number of nitrogens with one attached hydrogen (secondary N) is 1. The van der Waals surface area contributed by atoms with Gasteiger partial charge in [0.15, 0.2) is 5.11 Å². The Hall–Kier alpha value is -3.58. The molecule has 2 fully saturated rings. The highest BCUT2D eigenvalue weighted by Crippen LogP contribution is 2.36. The van der Waals surface area contributed by atoms with E-state index in [1.165, 1.54) is 0 Å². The number of thiocarbonyl (C=S) groups is 1. The van der Waals surface area contributed by atoms with E-state index in [-0.39, 0.29) is 28.8 Å². The van der Waals surface area contributed by atoms with Crippen LogP contribution in [0, 0.1) is 17.0 Å². The molecule has 4 rings (SSSR count). The number of aryl methyl sites for hydroxylation is 1. The molecule has 0 spiro atoms. The smallest absolute Gasteiger partial charge is 0.416 e. The molecule has 0 aliphatic carbocycles. The van der Waals surface area contributed by atoms with Crippen LogP contribution in [-0.4, -0.2) is 58.9 Å². The maximum atomic E-state index is 13.5. The summed E-state index contributed by atoms with van der Waals surface area (Å²) >= 11 is 5.30. The van der Waals surface area contributed by atoms with E-state index in [4.69, 9.17) is 17.0 Å². The summed E-state index contributed by atoms with van der Waals surface area (Å²) in [6, 6.07) is 8.96. The predicted octanol–water partition coefficient (Wildman–Crippen LogP) is 1.87. The molecule has 0 radical (unpaired) electrons. The Morgan fingerprint density at radius 1 is 1.18 bits per heavy atom. The molecule has 2 aromatic rings. The molecule has 2 aliphatic heterocycles. The van der Waals surface area contributed by atoms with Crippen LogP contribution in [-0.2, 0) is 19.6 Å². The highest BCUT2D eigenvalue weighted by molar-refractivity contribution is 7.91. The maximum absolute atomic E-state index is 13.5. The Morgan fingerprint density at radius 3 is 2.36 bits per heavy atom. The van der Waals surface area contributed by atoms with Crippen molar-refractivity contribution in [2.24, 2.45) is 0 Å². The van der Waals surface area contributed by atoms with Gasteiger partial charge in [0.2, 0.25) is 0 Å².